The fraction of sp³-hybridized carbons (Fsp3) is 0.350. The number of alkyl halides is 4. The number of hydrogen-bond acceptors (Lipinski definition) is 3. The van der Waals surface area contributed by atoms with Crippen LogP contribution in [-0.2, 0) is 15.9 Å². The Morgan fingerprint density at radius 1 is 1.17 bits per heavy atom. The second-order valence-electron chi connectivity index (χ2n) is 7.58. The number of benzene rings is 2. The number of hydrogen-bond donors (Lipinski definition) is 0. The predicted octanol–water partition coefficient (Wildman–Crippen LogP) is 5.94. The molecule has 1 aromatic heterocycles. The molecule has 1 aliphatic rings. The summed E-state index contributed by atoms with van der Waals surface area (Å²) in [5.41, 5.74) is 0.0226. The molecule has 0 bridgehead atoms. The van der Waals surface area contributed by atoms with E-state index in [0.29, 0.717) is 12.3 Å². The van der Waals surface area contributed by atoms with E-state index >= 15 is 0 Å². The van der Waals surface area contributed by atoms with E-state index in [0.717, 1.165) is 28.4 Å². The molecule has 0 aliphatic heterocycles. The summed E-state index contributed by atoms with van der Waals surface area (Å²) in [5, 5.41) is 4.70. The van der Waals surface area contributed by atoms with Gasteiger partial charge in [-0.2, -0.15) is 17.6 Å². The van der Waals surface area contributed by atoms with Gasteiger partial charge in [-0.15, -0.1) is 0 Å². The fourth-order valence-electron chi connectivity index (χ4n) is 3.80. The zero-order valence-corrected chi connectivity index (χ0v) is 17.3. The SMILES string of the molecule is CC(F)(F)c1ccc(S(=O)(=O)n2nc([C@@H]3CCC(F)(F)C3)c3c(Cl)cccc32)cc1. The second-order valence-corrected chi connectivity index (χ2v) is 9.75. The molecule has 1 fully saturated rings. The van der Waals surface area contributed by atoms with E-state index < -0.39 is 34.2 Å². The Labute approximate surface area is 175 Å². The Kier molecular flexibility index (Phi) is 4.89. The van der Waals surface area contributed by atoms with Crippen molar-refractivity contribution in [3.8, 4) is 0 Å². The topological polar surface area (TPSA) is 52.0 Å². The van der Waals surface area contributed by atoms with Gasteiger partial charge in [0.2, 0.25) is 5.92 Å². The van der Waals surface area contributed by atoms with Crippen LogP contribution in [0.15, 0.2) is 47.4 Å². The van der Waals surface area contributed by atoms with Crippen LogP contribution in [0.25, 0.3) is 10.9 Å². The van der Waals surface area contributed by atoms with Crippen molar-refractivity contribution < 1.29 is 26.0 Å². The average molecular weight is 461 g/mol. The maximum Gasteiger partial charge on any atom is 0.283 e. The molecule has 10 heteroatoms. The van der Waals surface area contributed by atoms with Gasteiger partial charge in [-0.05, 0) is 30.7 Å². The minimum Gasteiger partial charge on any atom is -0.207 e. The van der Waals surface area contributed by atoms with Gasteiger partial charge in [0.15, 0.2) is 0 Å². The quantitative estimate of drug-likeness (QED) is 0.453. The van der Waals surface area contributed by atoms with Crippen LogP contribution in [0.1, 0.15) is 43.4 Å². The van der Waals surface area contributed by atoms with Gasteiger partial charge in [0, 0.05) is 36.6 Å². The fourth-order valence-corrected chi connectivity index (χ4v) is 5.35. The summed E-state index contributed by atoms with van der Waals surface area (Å²) in [5.74, 6) is -6.60. The molecule has 1 saturated carbocycles. The Morgan fingerprint density at radius 2 is 1.83 bits per heavy atom. The third kappa shape index (κ3) is 3.58. The molecule has 0 unspecified atom stereocenters. The van der Waals surface area contributed by atoms with Crippen molar-refractivity contribution in [1.29, 1.82) is 0 Å². The molecule has 1 heterocycles. The lowest BCUT2D eigenvalue weighted by molar-refractivity contribution is 0.00764. The van der Waals surface area contributed by atoms with Gasteiger partial charge in [-0.3, -0.25) is 0 Å². The number of aromatic nitrogens is 2. The van der Waals surface area contributed by atoms with E-state index in [1.807, 2.05) is 0 Å². The standard InChI is InChI=1S/C20H17ClF4N2O2S/c1-19(22,23)13-5-7-14(8-6-13)30(28,29)27-16-4-2-3-15(21)17(16)18(26-27)12-9-10-20(24,25)11-12/h2-8,12H,9-11H2,1H3/t12-/m1/s1. The summed E-state index contributed by atoms with van der Waals surface area (Å²) in [4.78, 5) is -0.247. The van der Waals surface area contributed by atoms with Gasteiger partial charge in [0.05, 0.1) is 21.1 Å². The van der Waals surface area contributed by atoms with Gasteiger partial charge in [-0.1, -0.05) is 29.8 Å². The number of halogens is 5. The molecule has 0 N–H and O–H groups in total. The molecule has 4 nitrogen and oxygen atoms in total. The molecular formula is C20H17ClF4N2O2S. The number of nitrogens with zero attached hydrogens (tertiary/aromatic N) is 2. The van der Waals surface area contributed by atoms with Gasteiger partial charge in [-0.25, -0.2) is 17.6 Å². The van der Waals surface area contributed by atoms with E-state index in [4.69, 9.17) is 11.6 Å². The first kappa shape index (κ1) is 21.1. The Hall–Kier alpha value is -2.13. The molecule has 1 atom stereocenters. The average Bonchev–Trinajstić information content (AvgIpc) is 3.22. The Bertz CT molecular complexity index is 1220. The molecule has 3 aromatic rings. The molecule has 0 spiro atoms. The van der Waals surface area contributed by atoms with E-state index in [1.165, 1.54) is 18.2 Å². The van der Waals surface area contributed by atoms with Gasteiger partial charge < -0.3 is 0 Å². The van der Waals surface area contributed by atoms with Gasteiger partial charge in [0.1, 0.15) is 0 Å². The van der Waals surface area contributed by atoms with Crippen molar-refractivity contribution in [3.63, 3.8) is 0 Å². The highest BCUT2D eigenvalue weighted by molar-refractivity contribution is 7.90. The third-order valence-electron chi connectivity index (χ3n) is 5.33. The first-order valence-corrected chi connectivity index (χ1v) is 11.0. The monoisotopic (exact) mass is 460 g/mol. The molecule has 0 amide bonds. The molecule has 4 rings (SSSR count). The lowest BCUT2D eigenvalue weighted by atomic mass is 10.0. The molecule has 1 aliphatic carbocycles. The van der Waals surface area contributed by atoms with Crippen molar-refractivity contribution in [2.75, 3.05) is 0 Å². The summed E-state index contributed by atoms with van der Waals surface area (Å²) in [7, 11) is -4.27. The van der Waals surface area contributed by atoms with Crippen LogP contribution in [0.5, 0.6) is 0 Å². The van der Waals surface area contributed by atoms with Crippen LogP contribution in [0.3, 0.4) is 0 Å². The number of rotatable bonds is 4. The summed E-state index contributed by atoms with van der Waals surface area (Å²) in [6.45, 7) is 0.711. The maximum absolute atomic E-state index is 13.8. The zero-order valence-electron chi connectivity index (χ0n) is 15.7. The van der Waals surface area contributed by atoms with Crippen LogP contribution in [0.2, 0.25) is 5.02 Å². The van der Waals surface area contributed by atoms with Crippen LogP contribution in [0, 0.1) is 0 Å². The highest BCUT2D eigenvalue weighted by Crippen LogP contribution is 2.46. The smallest absolute Gasteiger partial charge is 0.207 e. The van der Waals surface area contributed by atoms with Crippen LogP contribution in [-0.4, -0.2) is 23.5 Å². The lowest BCUT2D eigenvalue weighted by Gasteiger charge is -2.11. The predicted molar refractivity (Wildman–Crippen MR) is 105 cm³/mol. The molecular weight excluding hydrogens is 444 g/mol. The van der Waals surface area contributed by atoms with Gasteiger partial charge >= 0.3 is 0 Å². The van der Waals surface area contributed by atoms with E-state index in [2.05, 4.69) is 5.10 Å². The van der Waals surface area contributed by atoms with Crippen molar-refractivity contribution >= 4 is 32.5 Å². The normalized spacial score (nSPS) is 19.5. The second kappa shape index (κ2) is 6.95. The lowest BCUT2D eigenvalue weighted by Crippen LogP contribution is -2.16. The van der Waals surface area contributed by atoms with Crippen molar-refractivity contribution in [2.45, 2.75) is 48.8 Å². The summed E-state index contributed by atoms with van der Waals surface area (Å²) >= 11 is 6.27. The summed E-state index contributed by atoms with van der Waals surface area (Å²) in [6, 6.07) is 8.77. The molecule has 0 radical (unpaired) electrons. The highest BCUT2D eigenvalue weighted by Gasteiger charge is 2.42. The number of fused-ring (bicyclic) bond motifs is 1. The summed E-state index contributed by atoms with van der Waals surface area (Å²) < 4.78 is 81.6. The van der Waals surface area contributed by atoms with Crippen LogP contribution >= 0.6 is 11.6 Å². The van der Waals surface area contributed by atoms with E-state index in [1.54, 1.807) is 0 Å². The summed E-state index contributed by atoms with van der Waals surface area (Å²) in [6.07, 6.45) is -0.592. The maximum atomic E-state index is 13.8. The van der Waals surface area contributed by atoms with Crippen LogP contribution < -0.4 is 0 Å². The molecule has 30 heavy (non-hydrogen) atoms. The Balaban J connectivity index is 1.86. The first-order valence-electron chi connectivity index (χ1n) is 9.19. The van der Waals surface area contributed by atoms with Crippen molar-refractivity contribution in [1.82, 2.24) is 9.19 Å². The van der Waals surface area contributed by atoms with E-state index in [-0.39, 0.29) is 39.5 Å². The molecule has 160 valence electrons. The van der Waals surface area contributed by atoms with Gasteiger partial charge in [0.25, 0.3) is 15.9 Å². The van der Waals surface area contributed by atoms with Crippen molar-refractivity contribution in [2.24, 2.45) is 0 Å². The van der Waals surface area contributed by atoms with E-state index in [9.17, 15) is 26.0 Å². The Morgan fingerprint density at radius 3 is 2.40 bits per heavy atom. The zero-order chi connectivity index (χ0) is 21.9. The minimum atomic E-state index is -4.27. The minimum absolute atomic E-state index is 0.151. The largest absolute Gasteiger partial charge is 0.283 e. The van der Waals surface area contributed by atoms with Crippen LogP contribution in [0.4, 0.5) is 17.6 Å². The van der Waals surface area contributed by atoms with Crippen molar-refractivity contribution in [3.05, 3.63) is 58.7 Å². The molecule has 2 aromatic carbocycles. The highest BCUT2D eigenvalue weighted by atomic mass is 35.5. The third-order valence-corrected chi connectivity index (χ3v) is 7.25. The molecule has 0 saturated heterocycles. The first-order chi connectivity index (χ1) is 13.9.